The van der Waals surface area contributed by atoms with Crippen LogP contribution in [0.15, 0.2) is 42.5 Å². The Bertz CT molecular complexity index is 1070. The molecule has 1 heterocycles. The van der Waals surface area contributed by atoms with Crippen LogP contribution < -0.4 is 10.1 Å². The Labute approximate surface area is 187 Å². The normalized spacial score (nSPS) is 10.5. The number of halogens is 2. The lowest BCUT2D eigenvalue weighted by Crippen LogP contribution is -2.21. The number of anilines is 1. The van der Waals surface area contributed by atoms with Gasteiger partial charge in [-0.3, -0.25) is 4.79 Å². The number of carbonyl (C=O) groups is 2. The molecule has 3 aromatic rings. The zero-order valence-electron chi connectivity index (χ0n) is 16.2. The molecule has 0 atom stereocenters. The zero-order chi connectivity index (χ0) is 21.7. The van der Waals surface area contributed by atoms with Crippen LogP contribution in [-0.4, -0.2) is 23.5 Å². The summed E-state index contributed by atoms with van der Waals surface area (Å²) >= 11 is 13.1. The Kier molecular flexibility index (Phi) is 7.31. The van der Waals surface area contributed by atoms with Gasteiger partial charge in [0, 0.05) is 5.02 Å². The van der Waals surface area contributed by atoms with Gasteiger partial charge in [-0.15, -0.1) is 11.3 Å². The average molecular weight is 465 g/mol. The molecule has 0 saturated heterocycles. The SMILES string of the molecule is Cc1ccc(NC(=O)COC(=O)c2sc(COc3ccc(Cl)cc3)nc2C)c(Cl)c1. The van der Waals surface area contributed by atoms with Crippen molar-refractivity contribution in [3.05, 3.63) is 73.7 Å². The topological polar surface area (TPSA) is 77.5 Å². The third kappa shape index (κ3) is 5.95. The van der Waals surface area contributed by atoms with Gasteiger partial charge in [0.2, 0.25) is 0 Å². The molecule has 1 N–H and O–H groups in total. The van der Waals surface area contributed by atoms with E-state index in [1.807, 2.05) is 13.0 Å². The summed E-state index contributed by atoms with van der Waals surface area (Å²) < 4.78 is 10.8. The molecular formula is C21H18Cl2N2O4S. The number of nitrogens with zero attached hydrogens (tertiary/aromatic N) is 1. The number of aromatic nitrogens is 1. The van der Waals surface area contributed by atoms with Crippen molar-refractivity contribution in [2.24, 2.45) is 0 Å². The van der Waals surface area contributed by atoms with Gasteiger partial charge in [-0.2, -0.15) is 0 Å². The van der Waals surface area contributed by atoms with E-state index in [1.165, 1.54) is 0 Å². The monoisotopic (exact) mass is 464 g/mol. The number of carbonyl (C=O) groups excluding carboxylic acids is 2. The second-order valence-electron chi connectivity index (χ2n) is 6.37. The number of ether oxygens (including phenoxy) is 2. The van der Waals surface area contributed by atoms with Gasteiger partial charge in [-0.1, -0.05) is 29.3 Å². The second kappa shape index (κ2) is 9.93. The van der Waals surface area contributed by atoms with Crippen LogP contribution in [0.1, 0.15) is 25.9 Å². The predicted octanol–water partition coefficient (Wildman–Crippen LogP) is 5.44. The van der Waals surface area contributed by atoms with E-state index >= 15 is 0 Å². The molecular weight excluding hydrogens is 447 g/mol. The predicted molar refractivity (Wildman–Crippen MR) is 118 cm³/mol. The summed E-state index contributed by atoms with van der Waals surface area (Å²) in [4.78, 5) is 29.1. The zero-order valence-corrected chi connectivity index (χ0v) is 18.5. The number of benzene rings is 2. The Morgan fingerprint density at radius 3 is 2.53 bits per heavy atom. The average Bonchev–Trinajstić information content (AvgIpc) is 3.08. The van der Waals surface area contributed by atoms with Crippen molar-refractivity contribution >= 4 is 52.1 Å². The van der Waals surface area contributed by atoms with Crippen LogP contribution in [0.2, 0.25) is 10.0 Å². The van der Waals surface area contributed by atoms with Gasteiger partial charge in [0.05, 0.1) is 16.4 Å². The molecule has 0 aliphatic carbocycles. The fourth-order valence-corrected chi connectivity index (χ4v) is 3.76. The number of nitrogens with one attached hydrogen (secondary N) is 1. The highest BCUT2D eigenvalue weighted by Gasteiger charge is 2.18. The maximum Gasteiger partial charge on any atom is 0.350 e. The molecule has 2 aromatic carbocycles. The van der Waals surface area contributed by atoms with Gasteiger partial charge in [-0.25, -0.2) is 9.78 Å². The fraction of sp³-hybridized carbons (Fsp3) is 0.190. The van der Waals surface area contributed by atoms with Crippen molar-refractivity contribution in [1.82, 2.24) is 4.98 Å². The van der Waals surface area contributed by atoms with Crippen LogP contribution in [0, 0.1) is 13.8 Å². The molecule has 9 heteroatoms. The molecule has 0 unspecified atom stereocenters. The van der Waals surface area contributed by atoms with E-state index in [9.17, 15) is 9.59 Å². The number of aryl methyl sites for hydroxylation is 2. The highest BCUT2D eigenvalue weighted by Crippen LogP contribution is 2.24. The summed E-state index contributed by atoms with van der Waals surface area (Å²) in [6.45, 7) is 3.36. The first-order valence-electron chi connectivity index (χ1n) is 8.89. The first-order chi connectivity index (χ1) is 14.3. The van der Waals surface area contributed by atoms with Crippen molar-refractivity contribution in [3.8, 4) is 5.75 Å². The van der Waals surface area contributed by atoms with Gasteiger partial charge >= 0.3 is 5.97 Å². The number of amides is 1. The lowest BCUT2D eigenvalue weighted by atomic mass is 10.2. The summed E-state index contributed by atoms with van der Waals surface area (Å²) in [5, 5.41) is 4.26. The largest absolute Gasteiger partial charge is 0.486 e. The Hall–Kier alpha value is -2.61. The molecule has 3 rings (SSSR count). The van der Waals surface area contributed by atoms with Gasteiger partial charge in [-0.05, 0) is 55.8 Å². The summed E-state index contributed by atoms with van der Waals surface area (Å²) in [5.41, 5.74) is 1.95. The third-order valence-corrected chi connectivity index (χ3v) is 5.61. The Morgan fingerprint density at radius 2 is 1.83 bits per heavy atom. The summed E-state index contributed by atoms with van der Waals surface area (Å²) in [6.07, 6.45) is 0. The Morgan fingerprint density at radius 1 is 1.10 bits per heavy atom. The van der Waals surface area contributed by atoms with Crippen LogP contribution in [-0.2, 0) is 16.1 Å². The minimum absolute atomic E-state index is 0.201. The summed E-state index contributed by atoms with van der Waals surface area (Å²) in [6, 6.07) is 12.2. The van der Waals surface area contributed by atoms with Gasteiger partial charge in [0.25, 0.3) is 5.91 Å². The summed E-state index contributed by atoms with van der Waals surface area (Å²) in [7, 11) is 0. The molecule has 156 valence electrons. The molecule has 0 saturated carbocycles. The number of esters is 1. The van der Waals surface area contributed by atoms with Crippen molar-refractivity contribution in [2.45, 2.75) is 20.5 Å². The van der Waals surface area contributed by atoms with E-state index in [1.54, 1.807) is 43.3 Å². The maximum atomic E-state index is 12.3. The molecule has 0 aliphatic heterocycles. The first kappa shape index (κ1) is 22.1. The van der Waals surface area contributed by atoms with Crippen molar-refractivity contribution in [2.75, 3.05) is 11.9 Å². The van der Waals surface area contributed by atoms with E-state index < -0.39 is 18.5 Å². The number of thiazole rings is 1. The van der Waals surface area contributed by atoms with Crippen molar-refractivity contribution in [3.63, 3.8) is 0 Å². The number of hydrogen-bond acceptors (Lipinski definition) is 6. The molecule has 0 aliphatic rings. The van der Waals surface area contributed by atoms with E-state index in [0.29, 0.717) is 37.1 Å². The van der Waals surface area contributed by atoms with Gasteiger partial charge < -0.3 is 14.8 Å². The van der Waals surface area contributed by atoms with Crippen LogP contribution in [0.25, 0.3) is 0 Å². The second-order valence-corrected chi connectivity index (χ2v) is 8.30. The molecule has 0 bridgehead atoms. The summed E-state index contributed by atoms with van der Waals surface area (Å²) in [5.74, 6) is -0.460. The lowest BCUT2D eigenvalue weighted by Gasteiger charge is -2.08. The van der Waals surface area contributed by atoms with Crippen molar-refractivity contribution < 1.29 is 19.1 Å². The van der Waals surface area contributed by atoms with Gasteiger partial charge in [0.15, 0.2) is 6.61 Å². The van der Waals surface area contributed by atoms with Crippen LogP contribution in [0.5, 0.6) is 5.75 Å². The van der Waals surface area contributed by atoms with Crippen LogP contribution in [0.4, 0.5) is 5.69 Å². The quantitative estimate of drug-likeness (QED) is 0.470. The molecule has 1 aromatic heterocycles. The highest BCUT2D eigenvalue weighted by atomic mass is 35.5. The Balaban J connectivity index is 1.53. The van der Waals surface area contributed by atoms with E-state index in [-0.39, 0.29) is 6.61 Å². The molecule has 0 spiro atoms. The lowest BCUT2D eigenvalue weighted by molar-refractivity contribution is -0.119. The smallest absolute Gasteiger partial charge is 0.350 e. The fourth-order valence-electron chi connectivity index (χ4n) is 2.48. The van der Waals surface area contributed by atoms with Crippen LogP contribution in [0.3, 0.4) is 0 Å². The van der Waals surface area contributed by atoms with Crippen LogP contribution >= 0.6 is 34.5 Å². The standard InChI is InChI=1S/C21H18Cl2N2O4S/c1-12-3-8-17(16(23)9-12)25-18(26)10-29-21(27)20-13(2)24-19(30-20)11-28-15-6-4-14(22)5-7-15/h3-9H,10-11H2,1-2H3,(H,25,26). The van der Waals surface area contributed by atoms with E-state index in [2.05, 4.69) is 10.3 Å². The molecule has 0 fully saturated rings. The van der Waals surface area contributed by atoms with Crippen molar-refractivity contribution in [1.29, 1.82) is 0 Å². The minimum Gasteiger partial charge on any atom is -0.486 e. The van der Waals surface area contributed by atoms with E-state index in [0.717, 1.165) is 16.9 Å². The minimum atomic E-state index is -0.618. The molecule has 0 radical (unpaired) electrons. The maximum absolute atomic E-state index is 12.3. The highest BCUT2D eigenvalue weighted by molar-refractivity contribution is 7.13. The van der Waals surface area contributed by atoms with E-state index in [4.69, 9.17) is 32.7 Å². The molecule has 30 heavy (non-hydrogen) atoms. The first-order valence-corrected chi connectivity index (χ1v) is 10.5. The number of hydrogen-bond donors (Lipinski definition) is 1. The molecule has 1 amide bonds. The number of rotatable bonds is 7. The van der Waals surface area contributed by atoms with Gasteiger partial charge in [0.1, 0.15) is 22.2 Å². The third-order valence-electron chi connectivity index (χ3n) is 3.94. The molecule has 6 nitrogen and oxygen atoms in total.